The van der Waals surface area contributed by atoms with E-state index in [1.165, 1.54) is 7.11 Å². The molecule has 0 atom stereocenters. The minimum atomic E-state index is -0.384. The summed E-state index contributed by atoms with van der Waals surface area (Å²) in [6, 6.07) is 5.14. The second-order valence-corrected chi connectivity index (χ2v) is 4.71. The number of ether oxygens (including phenoxy) is 2. The molecular weight excluding hydrogens is 256 g/mol. The van der Waals surface area contributed by atoms with Gasteiger partial charge < -0.3 is 20.5 Å². The van der Waals surface area contributed by atoms with Gasteiger partial charge in [-0.15, -0.1) is 0 Å². The first-order valence-corrected chi connectivity index (χ1v) is 6.80. The van der Waals surface area contributed by atoms with Crippen LogP contribution in [-0.2, 0) is 0 Å². The fourth-order valence-electron chi connectivity index (χ4n) is 2.07. The topological polar surface area (TPSA) is 73.6 Å². The molecule has 1 amide bonds. The lowest BCUT2D eigenvalue weighted by atomic mass is 9.92. The Morgan fingerprint density at radius 3 is 2.35 bits per heavy atom. The molecule has 0 unspecified atom stereocenters. The van der Waals surface area contributed by atoms with Gasteiger partial charge in [-0.2, -0.15) is 0 Å². The highest BCUT2D eigenvalue weighted by Gasteiger charge is 2.28. The molecule has 0 bridgehead atoms. The smallest absolute Gasteiger partial charge is 0.255 e. The van der Waals surface area contributed by atoms with Crippen molar-refractivity contribution >= 4 is 5.91 Å². The lowest BCUT2D eigenvalue weighted by molar-refractivity contribution is 0.0892. The molecule has 0 spiro atoms. The number of nitrogens with two attached hydrogens (primary N) is 1. The average Bonchev–Trinajstić information content (AvgIpc) is 2.51. The van der Waals surface area contributed by atoms with E-state index in [1.807, 2.05) is 13.8 Å². The number of carbonyl (C=O) groups excluding carboxylic acids is 1. The van der Waals surface area contributed by atoms with Gasteiger partial charge in [0.05, 0.1) is 25.3 Å². The van der Waals surface area contributed by atoms with Gasteiger partial charge in [0.25, 0.3) is 5.91 Å². The van der Waals surface area contributed by atoms with Crippen molar-refractivity contribution in [3.8, 4) is 11.5 Å². The van der Waals surface area contributed by atoms with Crippen molar-refractivity contribution in [2.24, 2.45) is 5.73 Å². The summed E-state index contributed by atoms with van der Waals surface area (Å²) in [5.41, 5.74) is 5.88. The Kier molecular flexibility index (Phi) is 5.82. The Hall–Kier alpha value is -1.75. The van der Waals surface area contributed by atoms with E-state index in [0.29, 0.717) is 23.6 Å². The largest absolute Gasteiger partial charge is 0.497 e. The van der Waals surface area contributed by atoms with Crippen molar-refractivity contribution in [1.29, 1.82) is 0 Å². The molecule has 3 N–H and O–H groups in total. The van der Waals surface area contributed by atoms with Crippen LogP contribution in [0, 0.1) is 0 Å². The second kappa shape index (κ2) is 7.14. The first kappa shape index (κ1) is 16.3. The highest BCUT2D eigenvalue weighted by Crippen LogP contribution is 2.25. The van der Waals surface area contributed by atoms with Crippen LogP contribution in [0.2, 0.25) is 0 Å². The maximum atomic E-state index is 12.5. The summed E-state index contributed by atoms with van der Waals surface area (Å²) < 4.78 is 10.4. The molecular formula is C15H24N2O3. The fraction of sp³-hybridized carbons (Fsp3) is 0.533. The number of carbonyl (C=O) groups is 1. The Morgan fingerprint density at radius 2 is 1.90 bits per heavy atom. The van der Waals surface area contributed by atoms with Crippen LogP contribution >= 0.6 is 0 Å². The number of methoxy groups -OCH3 is 2. The quantitative estimate of drug-likeness (QED) is 0.800. The Bertz CT molecular complexity index is 448. The van der Waals surface area contributed by atoms with Gasteiger partial charge in [-0.3, -0.25) is 4.79 Å². The van der Waals surface area contributed by atoms with Gasteiger partial charge in [-0.05, 0) is 31.0 Å². The zero-order valence-electron chi connectivity index (χ0n) is 12.7. The number of rotatable bonds is 7. The van der Waals surface area contributed by atoms with Crippen LogP contribution in [0.4, 0.5) is 0 Å². The predicted octanol–water partition coefficient (Wildman–Crippen LogP) is 1.95. The van der Waals surface area contributed by atoms with Gasteiger partial charge in [-0.25, -0.2) is 0 Å². The third-order valence-electron chi connectivity index (χ3n) is 3.77. The molecule has 0 aliphatic carbocycles. The first-order valence-electron chi connectivity index (χ1n) is 6.80. The van der Waals surface area contributed by atoms with E-state index in [0.717, 1.165) is 12.8 Å². The number of nitrogens with one attached hydrogen (secondary N) is 1. The molecule has 0 aliphatic heterocycles. The van der Waals surface area contributed by atoms with Gasteiger partial charge in [0, 0.05) is 6.54 Å². The molecule has 0 heterocycles. The standard InChI is InChI=1S/C15H24N2O3/c1-5-15(6-2,10-16)17-14(18)12-9-11(19-3)7-8-13(12)20-4/h7-9H,5-6,10,16H2,1-4H3,(H,17,18). The zero-order valence-corrected chi connectivity index (χ0v) is 12.7. The van der Waals surface area contributed by atoms with Gasteiger partial charge >= 0.3 is 0 Å². The van der Waals surface area contributed by atoms with E-state index in [-0.39, 0.29) is 11.4 Å². The van der Waals surface area contributed by atoms with Crippen LogP contribution < -0.4 is 20.5 Å². The molecule has 0 radical (unpaired) electrons. The minimum Gasteiger partial charge on any atom is -0.497 e. The fourth-order valence-corrected chi connectivity index (χ4v) is 2.07. The number of hydrogen-bond donors (Lipinski definition) is 2. The molecule has 1 rings (SSSR count). The molecule has 1 aromatic carbocycles. The van der Waals surface area contributed by atoms with Crippen LogP contribution in [0.15, 0.2) is 18.2 Å². The molecule has 0 aliphatic rings. The van der Waals surface area contributed by atoms with Crippen molar-refractivity contribution in [2.45, 2.75) is 32.2 Å². The van der Waals surface area contributed by atoms with Gasteiger partial charge in [0.1, 0.15) is 11.5 Å². The highest BCUT2D eigenvalue weighted by molar-refractivity contribution is 5.97. The van der Waals surface area contributed by atoms with E-state index in [1.54, 1.807) is 25.3 Å². The zero-order chi connectivity index (χ0) is 15.2. The summed E-state index contributed by atoms with van der Waals surface area (Å²) in [4.78, 5) is 12.5. The average molecular weight is 280 g/mol. The maximum Gasteiger partial charge on any atom is 0.255 e. The SMILES string of the molecule is CCC(CC)(CN)NC(=O)c1cc(OC)ccc1OC. The predicted molar refractivity (Wildman–Crippen MR) is 79.4 cm³/mol. The summed E-state index contributed by atoms with van der Waals surface area (Å²) in [7, 11) is 3.10. The molecule has 5 nitrogen and oxygen atoms in total. The summed E-state index contributed by atoms with van der Waals surface area (Å²) in [6.45, 7) is 4.43. The molecule has 1 aromatic rings. The third-order valence-corrected chi connectivity index (χ3v) is 3.77. The number of benzene rings is 1. The van der Waals surface area contributed by atoms with Crippen molar-refractivity contribution in [3.63, 3.8) is 0 Å². The Morgan fingerprint density at radius 1 is 1.25 bits per heavy atom. The van der Waals surface area contributed by atoms with Crippen molar-refractivity contribution in [2.75, 3.05) is 20.8 Å². The van der Waals surface area contributed by atoms with E-state index < -0.39 is 0 Å². The molecule has 0 fully saturated rings. The lowest BCUT2D eigenvalue weighted by Gasteiger charge is -2.31. The Balaban J connectivity index is 3.07. The van der Waals surface area contributed by atoms with E-state index in [9.17, 15) is 4.79 Å². The number of amides is 1. The summed E-state index contributed by atoms with van der Waals surface area (Å²) in [5, 5.41) is 3.02. The van der Waals surface area contributed by atoms with Crippen LogP contribution in [-0.4, -0.2) is 32.2 Å². The van der Waals surface area contributed by atoms with Crippen LogP contribution in [0.1, 0.15) is 37.0 Å². The van der Waals surface area contributed by atoms with Gasteiger partial charge in [0.15, 0.2) is 0 Å². The van der Waals surface area contributed by atoms with E-state index in [2.05, 4.69) is 5.32 Å². The van der Waals surface area contributed by atoms with Crippen LogP contribution in [0.25, 0.3) is 0 Å². The minimum absolute atomic E-state index is 0.199. The molecule has 0 saturated heterocycles. The third kappa shape index (κ3) is 3.42. The maximum absolute atomic E-state index is 12.5. The van der Waals surface area contributed by atoms with Gasteiger partial charge in [-0.1, -0.05) is 13.8 Å². The van der Waals surface area contributed by atoms with Crippen LogP contribution in [0.3, 0.4) is 0 Å². The van der Waals surface area contributed by atoms with Crippen LogP contribution in [0.5, 0.6) is 11.5 Å². The molecule has 0 aromatic heterocycles. The second-order valence-electron chi connectivity index (χ2n) is 4.71. The summed E-state index contributed by atoms with van der Waals surface area (Å²) >= 11 is 0. The van der Waals surface area contributed by atoms with Crippen molar-refractivity contribution in [3.05, 3.63) is 23.8 Å². The molecule has 5 heteroatoms. The normalized spacial score (nSPS) is 11.1. The number of hydrogen-bond acceptors (Lipinski definition) is 4. The highest BCUT2D eigenvalue weighted by atomic mass is 16.5. The monoisotopic (exact) mass is 280 g/mol. The molecule has 112 valence electrons. The molecule has 0 saturated carbocycles. The Labute approximate surface area is 120 Å². The van der Waals surface area contributed by atoms with E-state index >= 15 is 0 Å². The van der Waals surface area contributed by atoms with Crippen molar-refractivity contribution in [1.82, 2.24) is 5.32 Å². The first-order chi connectivity index (χ1) is 9.55. The van der Waals surface area contributed by atoms with Gasteiger partial charge in [0.2, 0.25) is 0 Å². The molecule has 20 heavy (non-hydrogen) atoms. The lowest BCUT2D eigenvalue weighted by Crippen LogP contribution is -2.52. The summed E-state index contributed by atoms with van der Waals surface area (Å²) in [6.07, 6.45) is 1.55. The van der Waals surface area contributed by atoms with E-state index in [4.69, 9.17) is 15.2 Å². The van der Waals surface area contributed by atoms with Crippen molar-refractivity contribution < 1.29 is 14.3 Å². The summed E-state index contributed by atoms with van der Waals surface area (Å²) in [5.74, 6) is 0.929.